The molecule has 1 aliphatic rings. The first kappa shape index (κ1) is 30.3. The summed E-state index contributed by atoms with van der Waals surface area (Å²) in [6.07, 6.45) is -0.181. The van der Waals surface area contributed by atoms with Crippen molar-refractivity contribution in [3.8, 4) is 11.5 Å². The Kier molecular flexibility index (Phi) is 12.4. The third kappa shape index (κ3) is 8.04. The van der Waals surface area contributed by atoms with E-state index in [9.17, 15) is 19.8 Å². The van der Waals surface area contributed by atoms with Crippen molar-refractivity contribution in [3.63, 3.8) is 0 Å². The molecular formula is C25H37IN2O8. The van der Waals surface area contributed by atoms with Crippen molar-refractivity contribution < 1.29 is 39.1 Å². The van der Waals surface area contributed by atoms with Crippen LogP contribution in [0.1, 0.15) is 32.3 Å². The first-order valence-corrected chi connectivity index (χ1v) is 12.9. The van der Waals surface area contributed by atoms with E-state index in [-0.39, 0.29) is 57.6 Å². The average Bonchev–Trinajstić information content (AvgIpc) is 2.84. The van der Waals surface area contributed by atoms with Crippen molar-refractivity contribution in [3.05, 3.63) is 32.9 Å². The number of benzene rings is 1. The van der Waals surface area contributed by atoms with Crippen LogP contribution < -0.4 is 14.8 Å². The van der Waals surface area contributed by atoms with E-state index in [0.717, 1.165) is 0 Å². The second-order valence-corrected chi connectivity index (χ2v) is 10.1. The lowest BCUT2D eigenvalue weighted by atomic mass is 9.87. The molecule has 0 bridgehead atoms. The van der Waals surface area contributed by atoms with Crippen LogP contribution in [-0.4, -0.2) is 90.8 Å². The van der Waals surface area contributed by atoms with Gasteiger partial charge < -0.3 is 39.7 Å². The van der Waals surface area contributed by atoms with E-state index in [2.05, 4.69) is 27.9 Å². The van der Waals surface area contributed by atoms with Gasteiger partial charge in [0.2, 0.25) is 11.8 Å². The monoisotopic (exact) mass is 620 g/mol. The Hall–Kier alpha value is -1.93. The lowest BCUT2D eigenvalue weighted by Gasteiger charge is -2.41. The highest BCUT2D eigenvalue weighted by Gasteiger charge is 2.40. The van der Waals surface area contributed by atoms with Crippen molar-refractivity contribution in [2.24, 2.45) is 5.92 Å². The molecule has 36 heavy (non-hydrogen) atoms. The number of aliphatic hydroxyl groups is 3. The van der Waals surface area contributed by atoms with Gasteiger partial charge in [-0.15, -0.1) is 0 Å². The quantitative estimate of drug-likeness (QED) is 0.242. The molecule has 0 unspecified atom stereocenters. The molecule has 10 nitrogen and oxygen atoms in total. The lowest BCUT2D eigenvalue weighted by molar-refractivity contribution is -0.140. The highest BCUT2D eigenvalue weighted by Crippen LogP contribution is 2.37. The van der Waals surface area contributed by atoms with Gasteiger partial charge in [0.15, 0.2) is 11.5 Å². The van der Waals surface area contributed by atoms with Crippen LogP contribution >= 0.6 is 22.6 Å². The van der Waals surface area contributed by atoms with Crippen molar-refractivity contribution in [2.75, 3.05) is 40.5 Å². The molecule has 0 radical (unpaired) electrons. The maximum Gasteiger partial charge on any atom is 0.247 e. The first-order chi connectivity index (χ1) is 17.2. The van der Waals surface area contributed by atoms with Gasteiger partial charge in [0.1, 0.15) is 12.2 Å². The number of nitrogens with one attached hydrogen (secondary N) is 1. The molecule has 1 aliphatic carbocycles. The fraction of sp³-hybridized carbons (Fsp3) is 0.600. The summed E-state index contributed by atoms with van der Waals surface area (Å²) in [4.78, 5) is 27.6. The zero-order chi connectivity index (χ0) is 26.8. The maximum absolute atomic E-state index is 13.2. The third-order valence-corrected chi connectivity index (χ3v) is 6.58. The number of nitrogens with zero attached hydrogens (tertiary/aromatic N) is 1. The molecule has 2 rings (SSSR count). The van der Waals surface area contributed by atoms with E-state index in [0.29, 0.717) is 26.2 Å². The Labute approximate surface area is 225 Å². The molecule has 0 saturated heterocycles. The number of rotatable bonds is 13. The van der Waals surface area contributed by atoms with Crippen molar-refractivity contribution in [1.82, 2.24) is 10.2 Å². The number of methoxy groups -OCH3 is 2. The minimum atomic E-state index is -1.15. The van der Waals surface area contributed by atoms with Gasteiger partial charge in [-0.3, -0.25) is 9.59 Å². The van der Waals surface area contributed by atoms with Gasteiger partial charge in [-0.2, -0.15) is 0 Å². The van der Waals surface area contributed by atoms with E-state index in [1.807, 2.05) is 13.8 Å². The Morgan fingerprint density at radius 3 is 2.56 bits per heavy atom. The SMILES string of the molecule is COCCN(C(=O)CC(C)C)[C@@H]1CC(C(=O)NCCO)=C[C@H](Oc2c(I)cc(CO)cc2OC)[C@H]1O. The summed E-state index contributed by atoms with van der Waals surface area (Å²) in [6.45, 7) is 4.06. The van der Waals surface area contributed by atoms with Crippen molar-refractivity contribution in [2.45, 2.75) is 51.5 Å². The molecular weight excluding hydrogens is 583 g/mol. The van der Waals surface area contributed by atoms with Crippen LogP contribution in [-0.2, 0) is 20.9 Å². The molecule has 0 spiro atoms. The Morgan fingerprint density at radius 2 is 1.97 bits per heavy atom. The summed E-state index contributed by atoms with van der Waals surface area (Å²) in [6, 6.07) is 2.64. The largest absolute Gasteiger partial charge is 0.493 e. The predicted octanol–water partition coefficient (Wildman–Crippen LogP) is 1.23. The molecule has 1 aromatic carbocycles. The normalized spacial score (nSPS) is 19.6. The first-order valence-electron chi connectivity index (χ1n) is 11.9. The molecule has 0 saturated carbocycles. The standard InChI is InChI=1S/C25H37IN2O8/c1-15(2)9-22(31)28(6-8-34-3)19-12-17(25(33)27-5-7-29)13-20(23(19)32)36-24-18(26)10-16(14-30)11-21(24)35-4/h10-11,13,15,19-20,23,29-30,32H,5-9,12,14H2,1-4H3,(H,27,33)/t19-,20+,23+/m1/s1. The smallest absolute Gasteiger partial charge is 0.247 e. The number of carbonyl (C=O) groups is 2. The molecule has 11 heteroatoms. The molecule has 0 heterocycles. The molecule has 1 aromatic rings. The highest BCUT2D eigenvalue weighted by atomic mass is 127. The summed E-state index contributed by atoms with van der Waals surface area (Å²) in [7, 11) is 3.01. The molecule has 3 atom stereocenters. The van der Waals surface area contributed by atoms with Crippen LogP contribution in [0.25, 0.3) is 0 Å². The van der Waals surface area contributed by atoms with E-state index in [1.54, 1.807) is 23.1 Å². The van der Waals surface area contributed by atoms with Crippen LogP contribution in [0.3, 0.4) is 0 Å². The Balaban J connectivity index is 2.49. The topological polar surface area (TPSA) is 138 Å². The highest BCUT2D eigenvalue weighted by molar-refractivity contribution is 14.1. The fourth-order valence-corrected chi connectivity index (χ4v) is 4.82. The molecule has 2 amide bonds. The van der Waals surface area contributed by atoms with Crippen LogP contribution in [0.4, 0.5) is 0 Å². The van der Waals surface area contributed by atoms with Gasteiger partial charge >= 0.3 is 0 Å². The molecule has 0 aliphatic heterocycles. The van der Waals surface area contributed by atoms with E-state index in [4.69, 9.17) is 19.3 Å². The summed E-state index contributed by atoms with van der Waals surface area (Å²) < 4.78 is 17.5. The number of aliphatic hydroxyl groups excluding tert-OH is 3. The van der Waals surface area contributed by atoms with Gasteiger partial charge in [0.05, 0.1) is 36.5 Å². The van der Waals surface area contributed by atoms with Crippen LogP contribution in [0.5, 0.6) is 11.5 Å². The number of hydrogen-bond donors (Lipinski definition) is 4. The van der Waals surface area contributed by atoms with E-state index in [1.165, 1.54) is 14.2 Å². The second-order valence-electron chi connectivity index (χ2n) is 8.96. The van der Waals surface area contributed by atoms with Crippen molar-refractivity contribution >= 4 is 34.4 Å². The lowest BCUT2D eigenvalue weighted by Crippen LogP contribution is -2.56. The van der Waals surface area contributed by atoms with Gasteiger partial charge in [-0.05, 0) is 52.3 Å². The number of carbonyl (C=O) groups excluding carboxylic acids is 2. The summed E-state index contributed by atoms with van der Waals surface area (Å²) >= 11 is 2.05. The second kappa shape index (κ2) is 14.7. The summed E-state index contributed by atoms with van der Waals surface area (Å²) in [5, 5.41) is 32.7. The number of halogens is 1. The van der Waals surface area contributed by atoms with Gasteiger partial charge in [0, 0.05) is 38.6 Å². The minimum Gasteiger partial charge on any atom is -0.493 e. The summed E-state index contributed by atoms with van der Waals surface area (Å²) in [5.74, 6) is 0.264. The number of ether oxygens (including phenoxy) is 3. The minimum absolute atomic E-state index is 0.0724. The maximum atomic E-state index is 13.2. The zero-order valence-electron chi connectivity index (χ0n) is 21.2. The third-order valence-electron chi connectivity index (χ3n) is 5.78. The van der Waals surface area contributed by atoms with Gasteiger partial charge in [-0.1, -0.05) is 13.8 Å². The van der Waals surface area contributed by atoms with Crippen LogP contribution in [0, 0.1) is 9.49 Å². The zero-order valence-corrected chi connectivity index (χ0v) is 23.4. The predicted molar refractivity (Wildman–Crippen MR) is 142 cm³/mol. The Morgan fingerprint density at radius 1 is 1.25 bits per heavy atom. The number of hydrogen-bond acceptors (Lipinski definition) is 8. The average molecular weight is 620 g/mol. The van der Waals surface area contributed by atoms with Gasteiger partial charge in [0.25, 0.3) is 0 Å². The Bertz CT molecular complexity index is 924. The van der Waals surface area contributed by atoms with E-state index < -0.39 is 24.2 Å². The molecule has 4 N–H and O–H groups in total. The van der Waals surface area contributed by atoms with Crippen LogP contribution in [0.15, 0.2) is 23.8 Å². The molecule has 202 valence electrons. The van der Waals surface area contributed by atoms with Crippen LogP contribution in [0.2, 0.25) is 0 Å². The van der Waals surface area contributed by atoms with E-state index >= 15 is 0 Å². The fourth-order valence-electron chi connectivity index (χ4n) is 4.03. The molecule has 0 fully saturated rings. The molecule has 0 aromatic heterocycles. The number of amides is 2. The van der Waals surface area contributed by atoms with Crippen molar-refractivity contribution in [1.29, 1.82) is 0 Å². The van der Waals surface area contributed by atoms with Gasteiger partial charge in [-0.25, -0.2) is 0 Å². The summed E-state index contributed by atoms with van der Waals surface area (Å²) in [5.41, 5.74) is 0.972.